The number of nitrogens with zero attached hydrogens (tertiary/aromatic N) is 3. The van der Waals surface area contributed by atoms with Crippen molar-refractivity contribution in [3.63, 3.8) is 0 Å². The van der Waals surface area contributed by atoms with Crippen LogP contribution in [0.25, 0.3) is 26.4 Å². The number of fused-ring (bicyclic) bond motifs is 3. The summed E-state index contributed by atoms with van der Waals surface area (Å²) in [5.74, 6) is 0.822. The number of methoxy groups -OCH3 is 1. The molecule has 0 unspecified atom stereocenters. The molecule has 2 atom stereocenters. The first-order valence-corrected chi connectivity index (χ1v) is 12.9. The Morgan fingerprint density at radius 1 is 1.15 bits per heavy atom. The molecule has 0 radical (unpaired) electrons. The number of hydrogen-bond donors (Lipinski definition) is 1. The van der Waals surface area contributed by atoms with E-state index >= 15 is 0 Å². The van der Waals surface area contributed by atoms with Crippen molar-refractivity contribution in [3.8, 4) is 17.0 Å². The molecule has 0 spiro atoms. The number of amides is 1. The van der Waals surface area contributed by atoms with Gasteiger partial charge >= 0.3 is 0 Å². The highest BCUT2D eigenvalue weighted by Gasteiger charge is 2.23. The predicted molar refractivity (Wildman–Crippen MR) is 139 cm³/mol. The molecule has 3 heterocycles. The zero-order valence-electron chi connectivity index (χ0n) is 20.1. The van der Waals surface area contributed by atoms with E-state index in [9.17, 15) is 4.79 Å². The van der Waals surface area contributed by atoms with Crippen LogP contribution >= 0.6 is 11.3 Å². The summed E-state index contributed by atoms with van der Waals surface area (Å²) in [7, 11) is 1.67. The zero-order chi connectivity index (χ0) is 23.7. The first kappa shape index (κ1) is 22.9. The van der Waals surface area contributed by atoms with Gasteiger partial charge in [-0.05, 0) is 75.6 Å². The van der Waals surface area contributed by atoms with Crippen molar-refractivity contribution in [1.29, 1.82) is 0 Å². The number of carbonyl (C=O) groups excluding carboxylic acids is 1. The number of aromatic nitrogens is 2. The number of rotatable bonds is 7. The fourth-order valence-corrected chi connectivity index (χ4v) is 6.07. The van der Waals surface area contributed by atoms with E-state index in [-0.39, 0.29) is 5.91 Å². The molecule has 1 saturated heterocycles. The van der Waals surface area contributed by atoms with E-state index in [4.69, 9.17) is 9.72 Å². The second-order valence-corrected chi connectivity index (χ2v) is 10.3. The Balaban J connectivity index is 1.24. The molecule has 7 heteroatoms. The van der Waals surface area contributed by atoms with Gasteiger partial charge in [0.1, 0.15) is 5.75 Å². The number of thiazole rings is 1. The lowest BCUT2D eigenvalue weighted by molar-refractivity contribution is 0.0925. The van der Waals surface area contributed by atoms with Crippen molar-refractivity contribution in [2.45, 2.75) is 51.6 Å². The molecule has 178 valence electrons. The van der Waals surface area contributed by atoms with E-state index in [1.165, 1.54) is 19.3 Å². The summed E-state index contributed by atoms with van der Waals surface area (Å²) < 4.78 is 8.41. The third-order valence-electron chi connectivity index (χ3n) is 7.00. The van der Waals surface area contributed by atoms with Crippen LogP contribution in [0, 0.1) is 0 Å². The first-order valence-electron chi connectivity index (χ1n) is 12.1. The molecule has 1 N–H and O–H groups in total. The SMILES string of the molecule is COc1ccc(-c2cn3c(n2)sc2cc(C(=O)NCCCN4[C@H](C)CCC[C@H]4C)ccc23)cc1. The van der Waals surface area contributed by atoms with Crippen LogP contribution in [0.1, 0.15) is 49.9 Å². The average molecular weight is 477 g/mol. The molecule has 6 nitrogen and oxygen atoms in total. The molecule has 1 amide bonds. The Morgan fingerprint density at radius 3 is 2.65 bits per heavy atom. The molecule has 2 aromatic heterocycles. The minimum Gasteiger partial charge on any atom is -0.497 e. The van der Waals surface area contributed by atoms with Crippen LogP contribution in [-0.4, -0.2) is 52.5 Å². The second kappa shape index (κ2) is 9.76. The summed E-state index contributed by atoms with van der Waals surface area (Å²) >= 11 is 1.60. The average Bonchev–Trinajstić information content (AvgIpc) is 3.41. The highest BCUT2D eigenvalue weighted by atomic mass is 32.1. The Labute approximate surface area is 204 Å². The standard InChI is InChI=1S/C27H32N4O2S/c1-18-6-4-7-19(2)30(18)15-5-14-28-26(32)21-10-13-24-25(16-21)34-27-29-23(17-31(24)27)20-8-11-22(33-3)12-9-20/h8-13,16-19H,4-7,14-15H2,1-3H3,(H,28,32)/t18-,19-/m1/s1. The molecule has 0 aliphatic carbocycles. The topological polar surface area (TPSA) is 58.9 Å². The van der Waals surface area contributed by atoms with Gasteiger partial charge < -0.3 is 10.1 Å². The van der Waals surface area contributed by atoms with Crippen LogP contribution in [0.15, 0.2) is 48.7 Å². The van der Waals surface area contributed by atoms with Gasteiger partial charge in [-0.1, -0.05) is 17.8 Å². The van der Waals surface area contributed by atoms with Crippen molar-refractivity contribution >= 4 is 32.4 Å². The lowest BCUT2D eigenvalue weighted by atomic mass is 9.97. The second-order valence-electron chi connectivity index (χ2n) is 9.27. The van der Waals surface area contributed by atoms with Gasteiger partial charge in [-0.2, -0.15) is 0 Å². The van der Waals surface area contributed by atoms with Crippen LogP contribution < -0.4 is 10.1 Å². The third-order valence-corrected chi connectivity index (χ3v) is 8.01. The van der Waals surface area contributed by atoms with Gasteiger partial charge in [-0.3, -0.25) is 14.1 Å². The van der Waals surface area contributed by atoms with Gasteiger partial charge in [0.2, 0.25) is 0 Å². The molecular weight excluding hydrogens is 444 g/mol. The van der Waals surface area contributed by atoms with Crippen molar-refractivity contribution in [1.82, 2.24) is 19.6 Å². The smallest absolute Gasteiger partial charge is 0.251 e. The predicted octanol–water partition coefficient (Wildman–Crippen LogP) is 5.61. The minimum absolute atomic E-state index is 0.00777. The molecule has 5 rings (SSSR count). The summed E-state index contributed by atoms with van der Waals surface area (Å²) in [6, 6.07) is 15.1. The first-order chi connectivity index (χ1) is 16.5. The van der Waals surface area contributed by atoms with Gasteiger partial charge in [0.05, 0.1) is 23.0 Å². The van der Waals surface area contributed by atoms with E-state index in [1.807, 2.05) is 42.5 Å². The van der Waals surface area contributed by atoms with E-state index in [2.05, 4.69) is 34.7 Å². The maximum atomic E-state index is 12.8. The molecular formula is C27H32N4O2S. The van der Waals surface area contributed by atoms with Crippen LogP contribution in [0.2, 0.25) is 0 Å². The fourth-order valence-electron chi connectivity index (χ4n) is 5.02. The number of piperidine rings is 1. The monoisotopic (exact) mass is 476 g/mol. The Bertz CT molecular complexity index is 1280. The molecule has 0 saturated carbocycles. The number of carbonyl (C=O) groups is 1. The lowest BCUT2D eigenvalue weighted by Crippen LogP contribution is -2.44. The summed E-state index contributed by atoms with van der Waals surface area (Å²) in [5, 5.41) is 3.11. The van der Waals surface area contributed by atoms with Crippen molar-refractivity contribution in [2.24, 2.45) is 0 Å². The maximum Gasteiger partial charge on any atom is 0.251 e. The Kier molecular flexibility index (Phi) is 6.57. The van der Waals surface area contributed by atoms with Crippen LogP contribution in [0.3, 0.4) is 0 Å². The van der Waals surface area contributed by atoms with E-state index in [0.29, 0.717) is 24.2 Å². The third kappa shape index (κ3) is 4.55. The maximum absolute atomic E-state index is 12.8. The highest BCUT2D eigenvalue weighted by Crippen LogP contribution is 2.31. The van der Waals surface area contributed by atoms with Gasteiger partial charge in [0, 0.05) is 42.5 Å². The van der Waals surface area contributed by atoms with Gasteiger partial charge in [-0.25, -0.2) is 4.98 Å². The Morgan fingerprint density at radius 2 is 1.91 bits per heavy atom. The zero-order valence-corrected chi connectivity index (χ0v) is 20.9. The van der Waals surface area contributed by atoms with Crippen molar-refractivity contribution in [2.75, 3.05) is 20.2 Å². The van der Waals surface area contributed by atoms with E-state index in [1.54, 1.807) is 18.4 Å². The summed E-state index contributed by atoms with van der Waals surface area (Å²) in [6.07, 6.45) is 6.92. The number of ether oxygens (including phenoxy) is 1. The van der Waals surface area contributed by atoms with Gasteiger partial charge in [0.25, 0.3) is 5.91 Å². The minimum atomic E-state index is -0.00777. The number of benzene rings is 2. The molecule has 4 aromatic rings. The van der Waals surface area contributed by atoms with Crippen molar-refractivity contribution < 1.29 is 9.53 Å². The molecule has 34 heavy (non-hydrogen) atoms. The summed E-state index contributed by atoms with van der Waals surface area (Å²) in [5.41, 5.74) is 3.74. The molecule has 0 bridgehead atoms. The summed E-state index contributed by atoms with van der Waals surface area (Å²) in [6.45, 7) is 6.38. The molecule has 1 aliphatic heterocycles. The number of hydrogen-bond acceptors (Lipinski definition) is 5. The number of imidazole rings is 1. The van der Waals surface area contributed by atoms with Crippen LogP contribution in [-0.2, 0) is 0 Å². The van der Waals surface area contributed by atoms with Crippen LogP contribution in [0.5, 0.6) is 5.75 Å². The molecule has 2 aromatic carbocycles. The normalized spacial score (nSPS) is 19.0. The number of nitrogens with one attached hydrogen (secondary N) is 1. The lowest BCUT2D eigenvalue weighted by Gasteiger charge is -2.39. The summed E-state index contributed by atoms with van der Waals surface area (Å²) in [4.78, 5) is 21.1. The molecule has 1 aliphatic rings. The van der Waals surface area contributed by atoms with Gasteiger partial charge in [-0.15, -0.1) is 0 Å². The van der Waals surface area contributed by atoms with Crippen molar-refractivity contribution in [3.05, 3.63) is 54.2 Å². The Hall–Kier alpha value is -2.90. The van der Waals surface area contributed by atoms with Gasteiger partial charge in [0.15, 0.2) is 4.96 Å². The van der Waals surface area contributed by atoms with Crippen LogP contribution in [0.4, 0.5) is 0 Å². The quantitative estimate of drug-likeness (QED) is 0.352. The fraction of sp³-hybridized carbons (Fsp3) is 0.407. The largest absolute Gasteiger partial charge is 0.497 e. The van der Waals surface area contributed by atoms with E-state index < -0.39 is 0 Å². The number of likely N-dealkylation sites (tertiary alicyclic amines) is 1. The molecule has 1 fully saturated rings. The highest BCUT2D eigenvalue weighted by molar-refractivity contribution is 7.23. The van der Waals surface area contributed by atoms with E-state index in [0.717, 1.165) is 45.1 Å².